The molecule has 1 aliphatic rings. The lowest BCUT2D eigenvalue weighted by Gasteiger charge is -2.17. The Morgan fingerprint density at radius 3 is 2.78 bits per heavy atom. The van der Waals surface area contributed by atoms with E-state index in [1.54, 1.807) is 7.11 Å². The standard InChI is InChI=1S/C15H23NO2/c1-12(16-11-15-4-3-9-18-15)10-13-5-7-14(17-2)8-6-13/h5-8,12,15-16H,3-4,9-11H2,1-2H3/t12-,15-/m1/s1. The third-order valence-electron chi connectivity index (χ3n) is 3.42. The summed E-state index contributed by atoms with van der Waals surface area (Å²) in [5.41, 5.74) is 1.34. The van der Waals surface area contributed by atoms with E-state index in [1.165, 1.54) is 18.4 Å². The molecule has 1 aromatic rings. The fraction of sp³-hybridized carbons (Fsp3) is 0.600. The highest BCUT2D eigenvalue weighted by atomic mass is 16.5. The third kappa shape index (κ3) is 4.00. The Morgan fingerprint density at radius 2 is 2.17 bits per heavy atom. The molecule has 3 heteroatoms. The number of methoxy groups -OCH3 is 1. The van der Waals surface area contributed by atoms with Crippen molar-refractivity contribution >= 4 is 0 Å². The summed E-state index contributed by atoms with van der Waals surface area (Å²) in [5.74, 6) is 0.915. The first-order valence-electron chi connectivity index (χ1n) is 6.76. The van der Waals surface area contributed by atoms with E-state index in [1.807, 2.05) is 12.1 Å². The monoisotopic (exact) mass is 249 g/mol. The van der Waals surface area contributed by atoms with Crippen LogP contribution in [0.5, 0.6) is 5.75 Å². The maximum atomic E-state index is 5.60. The van der Waals surface area contributed by atoms with E-state index < -0.39 is 0 Å². The van der Waals surface area contributed by atoms with Crippen LogP contribution in [0.15, 0.2) is 24.3 Å². The molecule has 2 rings (SSSR count). The lowest BCUT2D eigenvalue weighted by molar-refractivity contribution is 0.108. The van der Waals surface area contributed by atoms with Gasteiger partial charge in [0.15, 0.2) is 0 Å². The van der Waals surface area contributed by atoms with E-state index in [9.17, 15) is 0 Å². The van der Waals surface area contributed by atoms with Crippen LogP contribution in [0.4, 0.5) is 0 Å². The summed E-state index contributed by atoms with van der Waals surface area (Å²) >= 11 is 0. The van der Waals surface area contributed by atoms with Crippen LogP contribution < -0.4 is 10.1 Å². The molecule has 3 nitrogen and oxygen atoms in total. The van der Waals surface area contributed by atoms with Crippen molar-refractivity contribution in [2.24, 2.45) is 0 Å². The van der Waals surface area contributed by atoms with Crippen LogP contribution in [0.25, 0.3) is 0 Å². The Balaban J connectivity index is 1.73. The number of hydrogen-bond acceptors (Lipinski definition) is 3. The van der Waals surface area contributed by atoms with Crippen molar-refractivity contribution in [3.05, 3.63) is 29.8 Å². The number of hydrogen-bond donors (Lipinski definition) is 1. The first-order chi connectivity index (χ1) is 8.78. The normalized spacial score (nSPS) is 20.9. The Bertz CT molecular complexity index is 344. The van der Waals surface area contributed by atoms with Crippen LogP contribution in [0.2, 0.25) is 0 Å². The second-order valence-electron chi connectivity index (χ2n) is 5.00. The fourth-order valence-electron chi connectivity index (χ4n) is 2.33. The molecule has 1 fully saturated rings. The van der Waals surface area contributed by atoms with E-state index in [-0.39, 0.29) is 0 Å². The molecule has 0 saturated carbocycles. The third-order valence-corrected chi connectivity index (χ3v) is 3.42. The van der Waals surface area contributed by atoms with Crippen molar-refractivity contribution in [1.29, 1.82) is 0 Å². The van der Waals surface area contributed by atoms with Gasteiger partial charge in [0.2, 0.25) is 0 Å². The quantitative estimate of drug-likeness (QED) is 0.839. The van der Waals surface area contributed by atoms with Gasteiger partial charge in [-0.1, -0.05) is 12.1 Å². The molecule has 0 spiro atoms. The van der Waals surface area contributed by atoms with Crippen LogP contribution in [0, 0.1) is 0 Å². The zero-order valence-corrected chi connectivity index (χ0v) is 11.3. The number of nitrogens with one attached hydrogen (secondary N) is 1. The van der Waals surface area contributed by atoms with Crippen LogP contribution in [-0.2, 0) is 11.2 Å². The molecule has 100 valence electrons. The molecule has 0 aliphatic carbocycles. The molecule has 1 saturated heterocycles. The molecule has 0 aromatic heterocycles. The Hall–Kier alpha value is -1.06. The minimum Gasteiger partial charge on any atom is -0.497 e. The second-order valence-corrected chi connectivity index (χ2v) is 5.00. The average Bonchev–Trinajstić information content (AvgIpc) is 2.90. The maximum absolute atomic E-state index is 5.60. The summed E-state index contributed by atoms with van der Waals surface area (Å²) in [6.07, 6.45) is 3.86. The van der Waals surface area contributed by atoms with Gasteiger partial charge in [-0.2, -0.15) is 0 Å². The van der Waals surface area contributed by atoms with Crippen molar-refractivity contribution in [2.45, 2.75) is 38.3 Å². The smallest absolute Gasteiger partial charge is 0.118 e. The molecule has 0 radical (unpaired) electrons. The van der Waals surface area contributed by atoms with E-state index in [0.717, 1.165) is 25.3 Å². The summed E-state index contributed by atoms with van der Waals surface area (Å²) in [6.45, 7) is 4.12. The topological polar surface area (TPSA) is 30.5 Å². The van der Waals surface area contributed by atoms with Crippen molar-refractivity contribution in [2.75, 3.05) is 20.3 Å². The lowest BCUT2D eigenvalue weighted by atomic mass is 10.1. The van der Waals surface area contributed by atoms with Crippen molar-refractivity contribution in [1.82, 2.24) is 5.32 Å². The molecule has 18 heavy (non-hydrogen) atoms. The van der Waals surface area contributed by atoms with Crippen LogP contribution in [0.1, 0.15) is 25.3 Å². The first kappa shape index (κ1) is 13.4. The highest BCUT2D eigenvalue weighted by Gasteiger charge is 2.15. The van der Waals surface area contributed by atoms with Gasteiger partial charge in [-0.05, 0) is 43.9 Å². The van der Waals surface area contributed by atoms with Gasteiger partial charge in [0, 0.05) is 19.2 Å². The number of ether oxygens (including phenoxy) is 2. The van der Waals surface area contributed by atoms with E-state index in [2.05, 4.69) is 24.4 Å². The maximum Gasteiger partial charge on any atom is 0.118 e. The second kappa shape index (κ2) is 6.76. The number of benzene rings is 1. The molecule has 0 unspecified atom stereocenters. The van der Waals surface area contributed by atoms with Crippen molar-refractivity contribution in [3.63, 3.8) is 0 Å². The largest absolute Gasteiger partial charge is 0.497 e. The fourth-order valence-corrected chi connectivity index (χ4v) is 2.33. The number of rotatable bonds is 6. The molecule has 0 bridgehead atoms. The van der Waals surface area contributed by atoms with Gasteiger partial charge in [0.05, 0.1) is 13.2 Å². The van der Waals surface area contributed by atoms with Crippen molar-refractivity contribution in [3.8, 4) is 5.75 Å². The molecular formula is C15H23NO2. The summed E-state index contributed by atoms with van der Waals surface area (Å²) in [5, 5.41) is 3.55. The van der Waals surface area contributed by atoms with Gasteiger partial charge >= 0.3 is 0 Å². The van der Waals surface area contributed by atoms with E-state index in [4.69, 9.17) is 9.47 Å². The minimum atomic E-state index is 0.420. The minimum absolute atomic E-state index is 0.420. The molecule has 1 N–H and O–H groups in total. The molecule has 1 aromatic carbocycles. The SMILES string of the molecule is COc1ccc(C[C@@H](C)NC[C@H]2CCCO2)cc1. The zero-order chi connectivity index (χ0) is 12.8. The van der Waals surface area contributed by atoms with Crippen LogP contribution >= 0.6 is 0 Å². The summed E-state index contributed by atoms with van der Waals surface area (Å²) in [4.78, 5) is 0. The van der Waals surface area contributed by atoms with Gasteiger partial charge < -0.3 is 14.8 Å². The zero-order valence-electron chi connectivity index (χ0n) is 11.3. The van der Waals surface area contributed by atoms with Crippen LogP contribution in [-0.4, -0.2) is 32.4 Å². The summed E-state index contributed by atoms with van der Waals surface area (Å²) in [7, 11) is 1.70. The van der Waals surface area contributed by atoms with Crippen LogP contribution in [0.3, 0.4) is 0 Å². The molecule has 1 aliphatic heterocycles. The van der Waals surface area contributed by atoms with E-state index >= 15 is 0 Å². The first-order valence-corrected chi connectivity index (χ1v) is 6.76. The summed E-state index contributed by atoms with van der Waals surface area (Å²) in [6, 6.07) is 8.76. The predicted octanol–water partition coefficient (Wildman–Crippen LogP) is 2.39. The Labute approximate surface area is 109 Å². The van der Waals surface area contributed by atoms with Gasteiger partial charge in [-0.15, -0.1) is 0 Å². The van der Waals surface area contributed by atoms with E-state index in [0.29, 0.717) is 12.1 Å². The summed E-state index contributed by atoms with van der Waals surface area (Å²) < 4.78 is 10.8. The highest BCUT2D eigenvalue weighted by molar-refractivity contribution is 5.27. The van der Waals surface area contributed by atoms with Gasteiger partial charge in [0.25, 0.3) is 0 Å². The molecular weight excluding hydrogens is 226 g/mol. The molecule has 0 amide bonds. The highest BCUT2D eigenvalue weighted by Crippen LogP contribution is 2.13. The average molecular weight is 249 g/mol. The Morgan fingerprint density at radius 1 is 1.39 bits per heavy atom. The molecule has 1 heterocycles. The van der Waals surface area contributed by atoms with Crippen molar-refractivity contribution < 1.29 is 9.47 Å². The van der Waals surface area contributed by atoms with Gasteiger partial charge in [0.1, 0.15) is 5.75 Å². The Kier molecular flexibility index (Phi) is 5.02. The molecule has 2 atom stereocenters. The predicted molar refractivity (Wildman–Crippen MR) is 73.1 cm³/mol. The lowest BCUT2D eigenvalue weighted by Crippen LogP contribution is -2.34. The van der Waals surface area contributed by atoms with Gasteiger partial charge in [-0.25, -0.2) is 0 Å². The van der Waals surface area contributed by atoms with Gasteiger partial charge in [-0.3, -0.25) is 0 Å².